The molecule has 4 heteroatoms. The molecule has 71 valence electrons. The molecule has 1 atom stereocenters. The summed E-state index contributed by atoms with van der Waals surface area (Å²) in [5.74, 6) is 0.674. The number of hydrogen-bond donors (Lipinski definition) is 1. The molecule has 0 spiro atoms. The molecule has 2 N–H and O–H groups in total. The van der Waals surface area contributed by atoms with E-state index in [0.29, 0.717) is 23.9 Å². The lowest BCUT2D eigenvalue weighted by molar-refractivity contribution is 0.288. The van der Waals surface area contributed by atoms with Crippen molar-refractivity contribution in [3.05, 3.63) is 30.4 Å². The first-order valence-corrected chi connectivity index (χ1v) is 4.39. The van der Waals surface area contributed by atoms with Crippen molar-refractivity contribution in [3.8, 4) is 5.75 Å². The van der Waals surface area contributed by atoms with Gasteiger partial charge in [-0.3, -0.25) is 0 Å². The second-order valence-electron chi connectivity index (χ2n) is 2.68. The summed E-state index contributed by atoms with van der Waals surface area (Å²) < 4.78 is 5.33. The predicted octanol–water partition coefficient (Wildman–Crippen LogP) is 1.67. The third-order valence-electron chi connectivity index (χ3n) is 1.54. The Bertz CT molecular complexity index is 250. The number of rotatable bonds is 4. The van der Waals surface area contributed by atoms with Crippen molar-refractivity contribution in [3.63, 3.8) is 0 Å². The van der Waals surface area contributed by atoms with Gasteiger partial charge in [-0.25, -0.2) is 4.98 Å². The highest BCUT2D eigenvalue weighted by Gasteiger charge is 2.00. The number of hydrogen-bond acceptors (Lipinski definition) is 3. The highest BCUT2D eigenvalue weighted by molar-refractivity contribution is 6.29. The average molecular weight is 200 g/mol. The fourth-order valence-electron chi connectivity index (χ4n) is 0.734. The number of pyridine rings is 1. The number of halogens is 1. The summed E-state index contributed by atoms with van der Waals surface area (Å²) in [5, 5.41) is 0.453. The summed E-state index contributed by atoms with van der Waals surface area (Å²) in [5.41, 5.74) is 5.62. The van der Waals surface area contributed by atoms with Crippen molar-refractivity contribution < 1.29 is 4.74 Å². The van der Waals surface area contributed by atoms with Gasteiger partial charge in [0.25, 0.3) is 0 Å². The second kappa shape index (κ2) is 5.04. The first-order valence-electron chi connectivity index (χ1n) is 4.01. The van der Waals surface area contributed by atoms with E-state index in [1.54, 1.807) is 18.3 Å². The van der Waals surface area contributed by atoms with Crippen molar-refractivity contribution >= 4 is 11.6 Å². The molecule has 0 aliphatic rings. The number of nitrogens with two attached hydrogens (primary N) is 1. The number of nitrogens with zero attached hydrogens (tertiary/aromatic N) is 1. The van der Waals surface area contributed by atoms with Crippen molar-refractivity contribution in [1.82, 2.24) is 4.98 Å². The molecule has 0 aliphatic heterocycles. The minimum absolute atomic E-state index is 0.0318. The number of aromatic nitrogens is 1. The quantitative estimate of drug-likeness (QED) is 0.751. The maximum Gasteiger partial charge on any atom is 0.137 e. The highest BCUT2D eigenvalue weighted by atomic mass is 35.5. The van der Waals surface area contributed by atoms with Gasteiger partial charge in [-0.15, -0.1) is 0 Å². The largest absolute Gasteiger partial charge is 0.490 e. The van der Waals surface area contributed by atoms with Crippen LogP contribution in [0.1, 0.15) is 6.42 Å². The molecule has 0 amide bonds. The van der Waals surface area contributed by atoms with Gasteiger partial charge in [0.15, 0.2) is 0 Å². The molecule has 1 aromatic rings. The van der Waals surface area contributed by atoms with Crippen molar-refractivity contribution in [1.29, 1.82) is 0 Å². The summed E-state index contributed by atoms with van der Waals surface area (Å²) in [7, 11) is 0. The molecule has 0 aromatic carbocycles. The molecule has 0 aliphatic carbocycles. The van der Waals surface area contributed by atoms with Crippen LogP contribution in [0.15, 0.2) is 18.3 Å². The zero-order valence-electron chi connectivity index (χ0n) is 7.24. The Balaban J connectivity index is 2.41. The zero-order chi connectivity index (χ0) is 9.68. The Hall–Kier alpha value is -0.800. The van der Waals surface area contributed by atoms with Gasteiger partial charge < -0.3 is 10.5 Å². The fraction of sp³-hybridized carbons (Fsp3) is 0.333. The molecule has 1 unspecified atom stereocenters. The van der Waals surface area contributed by atoms with E-state index in [1.165, 1.54) is 0 Å². The smallest absolute Gasteiger partial charge is 0.137 e. The molecule has 13 heavy (non-hydrogen) atoms. The maximum atomic E-state index is 5.62. The molecular formula is C9H12ClN2O. The van der Waals surface area contributed by atoms with Gasteiger partial charge in [0.2, 0.25) is 0 Å². The summed E-state index contributed by atoms with van der Waals surface area (Å²) >= 11 is 5.60. The van der Waals surface area contributed by atoms with E-state index in [1.807, 2.05) is 0 Å². The first kappa shape index (κ1) is 10.3. The van der Waals surface area contributed by atoms with Crippen LogP contribution >= 0.6 is 11.6 Å². The average Bonchev–Trinajstić information content (AvgIpc) is 2.16. The third kappa shape index (κ3) is 3.61. The molecule has 0 saturated heterocycles. The van der Waals surface area contributed by atoms with Crippen molar-refractivity contribution in [2.24, 2.45) is 5.73 Å². The lowest BCUT2D eigenvalue weighted by Crippen LogP contribution is -2.26. The summed E-state index contributed by atoms with van der Waals surface area (Å²) in [4.78, 5) is 3.87. The fourth-order valence-corrected chi connectivity index (χ4v) is 0.846. The Morgan fingerprint density at radius 1 is 1.62 bits per heavy atom. The van der Waals surface area contributed by atoms with Crippen LogP contribution in [0.25, 0.3) is 0 Å². The SMILES string of the molecule is [CH2]CC(N)COc1ccc(Cl)nc1. The normalized spacial score (nSPS) is 12.5. The van der Waals surface area contributed by atoms with Crippen molar-refractivity contribution in [2.75, 3.05) is 6.61 Å². The molecule has 1 heterocycles. The summed E-state index contributed by atoms with van der Waals surface area (Å²) in [6, 6.07) is 3.40. The molecule has 0 bridgehead atoms. The van der Waals surface area contributed by atoms with Crippen LogP contribution in [0, 0.1) is 6.92 Å². The van der Waals surface area contributed by atoms with Crippen LogP contribution in [-0.4, -0.2) is 17.6 Å². The maximum absolute atomic E-state index is 5.62. The standard InChI is InChI=1S/C9H12ClN2O/c1-2-7(11)6-13-8-3-4-9(10)12-5-8/h3-5,7H,1-2,6,11H2. The Labute approximate surface area is 82.9 Å². The third-order valence-corrected chi connectivity index (χ3v) is 1.76. The molecule has 1 rings (SSSR count). The van der Waals surface area contributed by atoms with Gasteiger partial charge in [0.1, 0.15) is 17.5 Å². The van der Waals surface area contributed by atoms with Crippen LogP contribution < -0.4 is 10.5 Å². The zero-order valence-corrected chi connectivity index (χ0v) is 8.00. The van der Waals surface area contributed by atoms with E-state index in [-0.39, 0.29) is 6.04 Å². The minimum Gasteiger partial charge on any atom is -0.490 e. The van der Waals surface area contributed by atoms with E-state index in [4.69, 9.17) is 22.1 Å². The Morgan fingerprint density at radius 2 is 2.38 bits per heavy atom. The van der Waals surface area contributed by atoms with E-state index in [2.05, 4.69) is 11.9 Å². The molecular weight excluding hydrogens is 188 g/mol. The van der Waals surface area contributed by atoms with Crippen LogP contribution in [0.2, 0.25) is 5.15 Å². The van der Waals surface area contributed by atoms with Crippen molar-refractivity contribution in [2.45, 2.75) is 12.5 Å². The molecule has 3 nitrogen and oxygen atoms in total. The predicted molar refractivity (Wildman–Crippen MR) is 52.7 cm³/mol. The van der Waals surface area contributed by atoms with Crippen LogP contribution in [0.3, 0.4) is 0 Å². The van der Waals surface area contributed by atoms with Gasteiger partial charge in [-0.2, -0.15) is 0 Å². The van der Waals surface area contributed by atoms with Gasteiger partial charge in [-0.1, -0.05) is 18.5 Å². The summed E-state index contributed by atoms with van der Waals surface area (Å²) in [6.45, 7) is 4.12. The lowest BCUT2D eigenvalue weighted by Gasteiger charge is -2.10. The van der Waals surface area contributed by atoms with E-state index < -0.39 is 0 Å². The van der Waals surface area contributed by atoms with E-state index in [9.17, 15) is 0 Å². The number of ether oxygens (including phenoxy) is 1. The van der Waals surface area contributed by atoms with Gasteiger partial charge >= 0.3 is 0 Å². The van der Waals surface area contributed by atoms with Crippen LogP contribution in [0.4, 0.5) is 0 Å². The molecule has 0 fully saturated rings. The minimum atomic E-state index is -0.0318. The molecule has 0 saturated carbocycles. The van der Waals surface area contributed by atoms with Gasteiger partial charge in [0.05, 0.1) is 6.20 Å². The monoisotopic (exact) mass is 199 g/mol. The summed E-state index contributed by atoms with van der Waals surface area (Å²) in [6.07, 6.45) is 2.22. The topological polar surface area (TPSA) is 48.1 Å². The lowest BCUT2D eigenvalue weighted by atomic mass is 10.3. The van der Waals surface area contributed by atoms with Crippen LogP contribution in [0.5, 0.6) is 5.75 Å². The van der Waals surface area contributed by atoms with E-state index >= 15 is 0 Å². The second-order valence-corrected chi connectivity index (χ2v) is 3.06. The first-order chi connectivity index (χ1) is 6.22. The van der Waals surface area contributed by atoms with Gasteiger partial charge in [0, 0.05) is 6.04 Å². The van der Waals surface area contributed by atoms with E-state index in [0.717, 1.165) is 0 Å². The Morgan fingerprint density at radius 3 is 2.92 bits per heavy atom. The Kier molecular flexibility index (Phi) is 3.99. The van der Waals surface area contributed by atoms with Crippen LogP contribution in [-0.2, 0) is 0 Å². The molecule has 1 radical (unpaired) electrons. The highest BCUT2D eigenvalue weighted by Crippen LogP contribution is 2.12. The van der Waals surface area contributed by atoms with Gasteiger partial charge in [-0.05, 0) is 18.6 Å². The molecule has 1 aromatic heterocycles.